The quantitative estimate of drug-likeness (QED) is 0.0785. The maximum atomic E-state index is 14.0. The minimum atomic E-state index is -2.10. The van der Waals surface area contributed by atoms with Crippen LogP contribution in [0, 0.1) is 35.0 Å². The second kappa shape index (κ2) is 16.6. The van der Waals surface area contributed by atoms with Gasteiger partial charge < -0.3 is 4.74 Å². The standard InChI is InChI=1S/C29H47F5O/c1-6-7-8-9-13-16-19-22(29(3,4)35-5)20-17-14-11-10-12-15-18-21(2)23-24(30)26(32)28(34)27(33)25(23)31/h21-22H,6-20H2,1-5H3. The van der Waals surface area contributed by atoms with Crippen molar-refractivity contribution < 1.29 is 26.7 Å². The largest absolute Gasteiger partial charge is 0.379 e. The van der Waals surface area contributed by atoms with Crippen molar-refractivity contribution in [3.8, 4) is 0 Å². The zero-order chi connectivity index (χ0) is 26.4. The minimum absolute atomic E-state index is 0.122. The van der Waals surface area contributed by atoms with Crippen molar-refractivity contribution in [2.24, 2.45) is 5.92 Å². The van der Waals surface area contributed by atoms with Crippen LogP contribution in [0.25, 0.3) is 0 Å². The molecule has 1 nitrogen and oxygen atoms in total. The van der Waals surface area contributed by atoms with Crippen LogP contribution >= 0.6 is 0 Å². The Hall–Kier alpha value is -1.17. The summed E-state index contributed by atoms with van der Waals surface area (Å²) < 4.78 is 73.8. The third-order valence-electron chi connectivity index (χ3n) is 7.59. The lowest BCUT2D eigenvalue weighted by Crippen LogP contribution is -2.33. The van der Waals surface area contributed by atoms with Crippen LogP contribution in [-0.4, -0.2) is 12.7 Å². The molecule has 1 aromatic rings. The van der Waals surface area contributed by atoms with Crippen LogP contribution in [0.4, 0.5) is 22.0 Å². The first-order valence-electron chi connectivity index (χ1n) is 13.6. The number of halogens is 5. The first kappa shape index (κ1) is 31.9. The monoisotopic (exact) mass is 506 g/mol. The first-order valence-corrected chi connectivity index (χ1v) is 13.6. The molecule has 0 bridgehead atoms. The lowest BCUT2D eigenvalue weighted by atomic mass is 9.82. The van der Waals surface area contributed by atoms with Crippen molar-refractivity contribution in [2.45, 2.75) is 136 Å². The van der Waals surface area contributed by atoms with E-state index in [2.05, 4.69) is 20.8 Å². The molecule has 0 aliphatic rings. The molecule has 0 radical (unpaired) electrons. The summed E-state index contributed by atoms with van der Waals surface area (Å²) >= 11 is 0. The van der Waals surface area contributed by atoms with Crippen LogP contribution in [0.15, 0.2) is 0 Å². The Balaban J connectivity index is 2.32. The van der Waals surface area contributed by atoms with E-state index in [4.69, 9.17) is 4.74 Å². The van der Waals surface area contributed by atoms with Crippen LogP contribution in [0.5, 0.6) is 0 Å². The molecule has 1 rings (SSSR count). The van der Waals surface area contributed by atoms with Crippen molar-refractivity contribution in [1.29, 1.82) is 0 Å². The normalized spacial score (nSPS) is 13.9. The van der Waals surface area contributed by atoms with Crippen LogP contribution in [0.3, 0.4) is 0 Å². The second-order valence-corrected chi connectivity index (χ2v) is 10.6. The van der Waals surface area contributed by atoms with Gasteiger partial charge >= 0.3 is 0 Å². The van der Waals surface area contributed by atoms with Crippen LogP contribution < -0.4 is 0 Å². The number of rotatable bonds is 19. The van der Waals surface area contributed by atoms with Gasteiger partial charge in [-0.15, -0.1) is 0 Å². The van der Waals surface area contributed by atoms with E-state index < -0.39 is 40.6 Å². The van der Waals surface area contributed by atoms with Gasteiger partial charge in [0.25, 0.3) is 0 Å². The molecule has 0 heterocycles. The minimum Gasteiger partial charge on any atom is -0.379 e. The van der Waals surface area contributed by atoms with E-state index in [-0.39, 0.29) is 5.60 Å². The Labute approximate surface area is 210 Å². The van der Waals surface area contributed by atoms with E-state index in [1.807, 2.05) is 0 Å². The fourth-order valence-corrected chi connectivity index (χ4v) is 4.92. The molecule has 35 heavy (non-hydrogen) atoms. The molecule has 0 aromatic heterocycles. The van der Waals surface area contributed by atoms with Crippen LogP contribution in [-0.2, 0) is 4.74 Å². The molecule has 0 saturated heterocycles. The van der Waals surface area contributed by atoms with Crippen LogP contribution in [0.1, 0.15) is 135 Å². The van der Waals surface area contributed by atoms with Crippen molar-refractivity contribution in [3.05, 3.63) is 34.6 Å². The number of hydrogen-bond acceptors (Lipinski definition) is 1. The van der Waals surface area contributed by atoms with Crippen molar-refractivity contribution in [1.82, 2.24) is 0 Å². The lowest BCUT2D eigenvalue weighted by molar-refractivity contribution is -0.0352. The highest BCUT2D eigenvalue weighted by Crippen LogP contribution is 2.33. The SMILES string of the molecule is CCCCCCCCC(CCCCCCCCC(C)c1c(F)c(F)c(F)c(F)c1F)C(C)(C)OC. The van der Waals surface area contributed by atoms with Gasteiger partial charge in [-0.05, 0) is 44.9 Å². The van der Waals surface area contributed by atoms with Gasteiger partial charge in [0.1, 0.15) is 0 Å². The smallest absolute Gasteiger partial charge is 0.200 e. The van der Waals surface area contributed by atoms with Gasteiger partial charge in [-0.3, -0.25) is 0 Å². The average molecular weight is 507 g/mol. The van der Waals surface area contributed by atoms with E-state index in [9.17, 15) is 22.0 Å². The first-order chi connectivity index (χ1) is 16.6. The molecule has 1 aromatic carbocycles. The number of ether oxygens (including phenoxy) is 1. The molecule has 0 saturated carbocycles. The van der Waals surface area contributed by atoms with E-state index in [1.54, 1.807) is 7.11 Å². The van der Waals surface area contributed by atoms with E-state index in [0.29, 0.717) is 18.8 Å². The molecular weight excluding hydrogens is 459 g/mol. The Bertz CT molecular complexity index is 705. The highest BCUT2D eigenvalue weighted by Gasteiger charge is 2.29. The third-order valence-corrected chi connectivity index (χ3v) is 7.59. The number of hydrogen-bond donors (Lipinski definition) is 0. The molecular formula is C29H47F5O. The Morgan fingerprint density at radius 3 is 1.40 bits per heavy atom. The summed E-state index contributed by atoms with van der Waals surface area (Å²) in [4.78, 5) is 0. The fourth-order valence-electron chi connectivity index (χ4n) is 4.92. The highest BCUT2D eigenvalue weighted by molar-refractivity contribution is 5.27. The van der Waals surface area contributed by atoms with Crippen molar-refractivity contribution in [3.63, 3.8) is 0 Å². The summed E-state index contributed by atoms with van der Waals surface area (Å²) in [6, 6.07) is 0. The molecule has 0 fully saturated rings. The average Bonchev–Trinajstić information content (AvgIpc) is 2.83. The zero-order valence-corrected chi connectivity index (χ0v) is 22.6. The number of methoxy groups -OCH3 is 1. The predicted molar refractivity (Wildman–Crippen MR) is 134 cm³/mol. The summed E-state index contributed by atoms with van der Waals surface area (Å²) in [5, 5.41) is 0. The zero-order valence-electron chi connectivity index (χ0n) is 22.6. The van der Waals surface area contributed by atoms with E-state index in [1.165, 1.54) is 51.9 Å². The Morgan fingerprint density at radius 2 is 0.971 bits per heavy atom. The molecule has 0 N–H and O–H groups in total. The predicted octanol–water partition coefficient (Wildman–Crippen LogP) is 10.4. The molecule has 0 amide bonds. The summed E-state index contributed by atoms with van der Waals surface area (Å²) in [6.07, 6.45) is 16.4. The van der Waals surface area contributed by atoms with Crippen molar-refractivity contribution >= 4 is 0 Å². The van der Waals surface area contributed by atoms with E-state index in [0.717, 1.165) is 38.5 Å². The van der Waals surface area contributed by atoms with Gasteiger partial charge in [0.2, 0.25) is 5.82 Å². The van der Waals surface area contributed by atoms with Gasteiger partial charge in [-0.2, -0.15) is 0 Å². The summed E-state index contributed by atoms with van der Waals surface area (Å²) in [6.45, 7) is 8.11. The van der Waals surface area contributed by atoms with Gasteiger partial charge in [-0.25, -0.2) is 22.0 Å². The second-order valence-electron chi connectivity index (χ2n) is 10.6. The Kier molecular flexibility index (Phi) is 15.1. The van der Waals surface area contributed by atoms with Crippen molar-refractivity contribution in [2.75, 3.05) is 7.11 Å². The van der Waals surface area contributed by atoms with Gasteiger partial charge in [0.15, 0.2) is 23.3 Å². The maximum absolute atomic E-state index is 14.0. The number of benzene rings is 1. The topological polar surface area (TPSA) is 9.23 Å². The molecule has 2 atom stereocenters. The molecule has 6 heteroatoms. The maximum Gasteiger partial charge on any atom is 0.200 e. The summed E-state index contributed by atoms with van der Waals surface area (Å²) in [5.41, 5.74) is -0.817. The molecule has 0 aliphatic carbocycles. The third kappa shape index (κ3) is 10.4. The molecule has 0 aliphatic heterocycles. The van der Waals surface area contributed by atoms with Crippen LogP contribution in [0.2, 0.25) is 0 Å². The molecule has 0 spiro atoms. The van der Waals surface area contributed by atoms with Gasteiger partial charge in [0, 0.05) is 12.7 Å². The van der Waals surface area contributed by atoms with Gasteiger partial charge in [0.05, 0.1) is 5.60 Å². The lowest BCUT2D eigenvalue weighted by Gasteiger charge is -2.33. The number of unbranched alkanes of at least 4 members (excludes halogenated alkanes) is 10. The molecule has 2 unspecified atom stereocenters. The highest BCUT2D eigenvalue weighted by atomic mass is 19.2. The molecule has 204 valence electrons. The summed E-state index contributed by atoms with van der Waals surface area (Å²) in [7, 11) is 1.79. The fraction of sp³-hybridized carbons (Fsp3) is 0.793. The van der Waals surface area contributed by atoms with Gasteiger partial charge in [-0.1, -0.05) is 90.9 Å². The van der Waals surface area contributed by atoms with E-state index >= 15 is 0 Å². The summed E-state index contributed by atoms with van der Waals surface area (Å²) in [5.74, 6) is -9.42. The Morgan fingerprint density at radius 1 is 0.600 bits per heavy atom.